The van der Waals surface area contributed by atoms with Gasteiger partial charge in [0.1, 0.15) is 0 Å². The van der Waals surface area contributed by atoms with Crippen LogP contribution in [0.5, 0.6) is 0 Å². The number of fused-ring (bicyclic) bond motifs is 5. The Morgan fingerprint density at radius 3 is 2.48 bits per heavy atom. The largest absolute Gasteiger partial charge is 0.326 e. The van der Waals surface area contributed by atoms with Gasteiger partial charge in [-0.3, -0.25) is 19.3 Å². The zero-order valence-electron chi connectivity index (χ0n) is 14.1. The number of benzene rings is 1. The first-order chi connectivity index (χ1) is 12.0. The van der Waals surface area contributed by atoms with E-state index in [2.05, 4.69) is 5.32 Å². The van der Waals surface area contributed by atoms with Gasteiger partial charge in [0, 0.05) is 23.7 Å². The number of anilines is 1. The van der Waals surface area contributed by atoms with E-state index in [-0.39, 0.29) is 42.5 Å². The van der Waals surface area contributed by atoms with Gasteiger partial charge in [0.05, 0.1) is 11.8 Å². The highest BCUT2D eigenvalue weighted by Gasteiger charge is 2.60. The fraction of sp³-hybridized carbons (Fsp3) is 0.526. The molecule has 0 spiro atoms. The molecular formula is C19H21ClN2O3. The van der Waals surface area contributed by atoms with Crippen molar-refractivity contribution in [2.75, 3.05) is 11.9 Å². The van der Waals surface area contributed by atoms with Crippen molar-refractivity contribution < 1.29 is 14.4 Å². The summed E-state index contributed by atoms with van der Waals surface area (Å²) >= 11 is 6.06. The number of nitrogens with zero attached hydrogens (tertiary/aromatic N) is 1. The number of carbonyl (C=O) groups excluding carboxylic acids is 3. The number of rotatable bonds is 4. The summed E-state index contributed by atoms with van der Waals surface area (Å²) in [7, 11) is 0. The molecule has 1 N–H and O–H groups in total. The monoisotopic (exact) mass is 360 g/mol. The van der Waals surface area contributed by atoms with Crippen molar-refractivity contribution in [2.24, 2.45) is 23.7 Å². The van der Waals surface area contributed by atoms with Gasteiger partial charge in [-0.1, -0.05) is 17.7 Å². The van der Waals surface area contributed by atoms with Crippen LogP contribution in [0.4, 0.5) is 5.69 Å². The summed E-state index contributed by atoms with van der Waals surface area (Å²) in [6, 6.07) is 5.32. The number of hydrogen-bond acceptors (Lipinski definition) is 3. The van der Waals surface area contributed by atoms with Gasteiger partial charge in [0.15, 0.2) is 0 Å². The van der Waals surface area contributed by atoms with Crippen molar-refractivity contribution in [3.63, 3.8) is 0 Å². The van der Waals surface area contributed by atoms with E-state index in [0.717, 1.165) is 24.8 Å². The van der Waals surface area contributed by atoms with E-state index in [0.29, 0.717) is 22.5 Å². The molecule has 2 saturated carbocycles. The summed E-state index contributed by atoms with van der Waals surface area (Å²) in [6.07, 6.45) is 3.26. The molecule has 3 fully saturated rings. The van der Waals surface area contributed by atoms with Gasteiger partial charge in [-0.15, -0.1) is 0 Å². The number of hydrogen-bond donors (Lipinski definition) is 1. The first-order valence-electron chi connectivity index (χ1n) is 8.87. The Hall–Kier alpha value is -1.88. The molecule has 1 aliphatic heterocycles. The Morgan fingerprint density at radius 2 is 1.84 bits per heavy atom. The summed E-state index contributed by atoms with van der Waals surface area (Å²) in [5, 5.41) is 3.40. The van der Waals surface area contributed by atoms with Crippen molar-refractivity contribution in [1.82, 2.24) is 4.90 Å². The van der Waals surface area contributed by atoms with Crippen LogP contribution in [0, 0.1) is 30.6 Å². The molecule has 1 aromatic rings. The standard InChI is InChI=1S/C19H21ClN2O3/c1-10-13(20)3-2-4-14(10)21-15(23)7-8-22-18(24)16-11-5-6-12(9-11)17(16)19(22)25/h2-4,11-12,16-17H,5-9H2,1H3,(H,21,23)/t11-,12+,16+,17-. The Bertz CT molecular complexity index is 735. The average Bonchev–Trinajstić information content (AvgIpc) is 3.25. The van der Waals surface area contributed by atoms with E-state index in [1.807, 2.05) is 6.92 Å². The molecule has 2 aliphatic carbocycles. The molecule has 3 amide bonds. The average molecular weight is 361 g/mol. The van der Waals surface area contributed by atoms with Crippen LogP contribution in [0.25, 0.3) is 0 Å². The molecule has 1 saturated heterocycles. The summed E-state index contributed by atoms with van der Waals surface area (Å²) < 4.78 is 0. The zero-order chi connectivity index (χ0) is 17.7. The van der Waals surface area contributed by atoms with Gasteiger partial charge in [-0.05, 0) is 55.7 Å². The number of amides is 3. The van der Waals surface area contributed by atoms with E-state index in [9.17, 15) is 14.4 Å². The lowest BCUT2D eigenvalue weighted by molar-refractivity contribution is -0.140. The quantitative estimate of drug-likeness (QED) is 0.839. The lowest BCUT2D eigenvalue weighted by atomic mass is 9.81. The molecule has 4 atom stereocenters. The summed E-state index contributed by atoms with van der Waals surface area (Å²) in [6.45, 7) is 2.00. The fourth-order valence-electron chi connectivity index (χ4n) is 4.86. The fourth-order valence-corrected chi connectivity index (χ4v) is 5.03. The smallest absolute Gasteiger partial charge is 0.233 e. The van der Waals surface area contributed by atoms with Crippen LogP contribution in [-0.4, -0.2) is 29.2 Å². The van der Waals surface area contributed by atoms with Crippen LogP contribution < -0.4 is 5.32 Å². The Labute approximate surface area is 151 Å². The molecule has 132 valence electrons. The van der Waals surface area contributed by atoms with Crippen LogP contribution >= 0.6 is 11.6 Å². The van der Waals surface area contributed by atoms with E-state index in [4.69, 9.17) is 11.6 Å². The third-order valence-corrected chi connectivity index (χ3v) is 6.53. The minimum Gasteiger partial charge on any atom is -0.326 e. The molecule has 0 radical (unpaired) electrons. The maximum Gasteiger partial charge on any atom is 0.233 e. The summed E-state index contributed by atoms with van der Waals surface area (Å²) in [5.74, 6) is 0.168. The second-order valence-corrected chi connectivity index (χ2v) is 7.83. The van der Waals surface area contributed by atoms with Crippen LogP contribution in [0.3, 0.4) is 0 Å². The van der Waals surface area contributed by atoms with E-state index >= 15 is 0 Å². The number of nitrogens with one attached hydrogen (secondary N) is 1. The van der Waals surface area contributed by atoms with Gasteiger partial charge in [0.25, 0.3) is 0 Å². The van der Waals surface area contributed by atoms with Gasteiger partial charge in [0.2, 0.25) is 17.7 Å². The van der Waals surface area contributed by atoms with Crippen LogP contribution in [-0.2, 0) is 14.4 Å². The summed E-state index contributed by atoms with van der Waals surface area (Å²) in [5.41, 5.74) is 1.46. The topological polar surface area (TPSA) is 66.5 Å². The van der Waals surface area contributed by atoms with Gasteiger partial charge < -0.3 is 5.32 Å². The molecule has 6 heteroatoms. The lowest BCUT2D eigenvalue weighted by Crippen LogP contribution is -2.35. The van der Waals surface area contributed by atoms with Gasteiger partial charge >= 0.3 is 0 Å². The minimum atomic E-state index is -0.217. The second-order valence-electron chi connectivity index (χ2n) is 7.42. The molecule has 5 nitrogen and oxygen atoms in total. The highest BCUT2D eigenvalue weighted by Crippen LogP contribution is 2.56. The number of likely N-dealkylation sites (tertiary alicyclic amines) is 1. The predicted octanol–water partition coefficient (Wildman–Crippen LogP) is 3.01. The molecular weight excluding hydrogens is 340 g/mol. The van der Waals surface area contributed by atoms with Crippen molar-refractivity contribution >= 4 is 35.0 Å². The van der Waals surface area contributed by atoms with E-state index in [1.54, 1.807) is 18.2 Å². The normalized spacial score (nSPS) is 30.1. The van der Waals surface area contributed by atoms with Crippen molar-refractivity contribution in [2.45, 2.75) is 32.6 Å². The molecule has 0 unspecified atom stereocenters. The third kappa shape index (κ3) is 2.65. The second kappa shape index (κ2) is 6.13. The molecule has 4 rings (SSSR count). The first kappa shape index (κ1) is 16.6. The number of imide groups is 1. The number of halogens is 1. The third-order valence-electron chi connectivity index (χ3n) is 6.12. The predicted molar refractivity (Wildman–Crippen MR) is 94.0 cm³/mol. The SMILES string of the molecule is Cc1c(Cl)cccc1NC(=O)CCN1C(=O)[C@@H]2[C@H]3CC[C@H](C3)[C@@H]2C1=O. The molecule has 3 aliphatic rings. The highest BCUT2D eigenvalue weighted by molar-refractivity contribution is 6.31. The highest BCUT2D eigenvalue weighted by atomic mass is 35.5. The number of carbonyl (C=O) groups is 3. The molecule has 0 aromatic heterocycles. The van der Waals surface area contributed by atoms with E-state index < -0.39 is 0 Å². The van der Waals surface area contributed by atoms with Crippen molar-refractivity contribution in [3.8, 4) is 0 Å². The Morgan fingerprint density at radius 1 is 1.20 bits per heavy atom. The summed E-state index contributed by atoms with van der Waals surface area (Å²) in [4.78, 5) is 38.8. The first-order valence-corrected chi connectivity index (χ1v) is 9.25. The maximum atomic E-state index is 12.6. The molecule has 1 heterocycles. The minimum absolute atomic E-state index is 0.0612. The molecule has 25 heavy (non-hydrogen) atoms. The molecule has 1 aromatic carbocycles. The van der Waals surface area contributed by atoms with Crippen LogP contribution in [0.15, 0.2) is 18.2 Å². The van der Waals surface area contributed by atoms with Crippen LogP contribution in [0.1, 0.15) is 31.2 Å². The van der Waals surface area contributed by atoms with Gasteiger partial charge in [-0.2, -0.15) is 0 Å². The van der Waals surface area contributed by atoms with Crippen LogP contribution in [0.2, 0.25) is 5.02 Å². The lowest BCUT2D eigenvalue weighted by Gasteiger charge is -2.19. The Kier molecular flexibility index (Phi) is 4.07. The maximum absolute atomic E-state index is 12.6. The van der Waals surface area contributed by atoms with Crippen molar-refractivity contribution in [3.05, 3.63) is 28.8 Å². The molecule has 2 bridgehead atoms. The van der Waals surface area contributed by atoms with E-state index in [1.165, 1.54) is 4.90 Å². The zero-order valence-corrected chi connectivity index (χ0v) is 14.9. The van der Waals surface area contributed by atoms with Crippen molar-refractivity contribution in [1.29, 1.82) is 0 Å². The van der Waals surface area contributed by atoms with Gasteiger partial charge in [-0.25, -0.2) is 0 Å². The Balaban J connectivity index is 1.38.